The van der Waals surface area contributed by atoms with Crippen molar-refractivity contribution in [1.82, 2.24) is 9.78 Å². The van der Waals surface area contributed by atoms with Gasteiger partial charge in [-0.25, -0.2) is 4.68 Å². The first-order valence-corrected chi connectivity index (χ1v) is 7.58. The van der Waals surface area contributed by atoms with Crippen molar-refractivity contribution in [3.8, 4) is 5.69 Å². The Morgan fingerprint density at radius 2 is 1.92 bits per heavy atom. The van der Waals surface area contributed by atoms with Crippen molar-refractivity contribution in [2.24, 2.45) is 10.2 Å². The van der Waals surface area contributed by atoms with E-state index in [1.165, 1.54) is 22.9 Å². The van der Waals surface area contributed by atoms with Gasteiger partial charge in [-0.2, -0.15) is 0 Å². The Labute approximate surface area is 146 Å². The highest BCUT2D eigenvalue weighted by molar-refractivity contribution is 6.30. The summed E-state index contributed by atoms with van der Waals surface area (Å²) in [6, 6.07) is 12.7. The predicted octanol–water partition coefficient (Wildman–Crippen LogP) is 4.45. The van der Waals surface area contributed by atoms with Crippen molar-refractivity contribution < 1.29 is 4.92 Å². The van der Waals surface area contributed by atoms with Crippen LogP contribution in [0.5, 0.6) is 0 Å². The summed E-state index contributed by atoms with van der Waals surface area (Å²) in [6.07, 6.45) is 0. The predicted molar refractivity (Wildman–Crippen MR) is 93.4 cm³/mol. The normalized spacial score (nSPS) is 11.1. The molecule has 2 aromatic carbocycles. The number of aromatic nitrogens is 2. The highest BCUT2D eigenvalue weighted by Gasteiger charge is 2.15. The average Bonchev–Trinajstić information content (AvgIpc) is 2.87. The fourth-order valence-corrected chi connectivity index (χ4v) is 2.44. The summed E-state index contributed by atoms with van der Waals surface area (Å²) >= 11 is 5.95. The topological polar surface area (TPSA) is 106 Å². The van der Waals surface area contributed by atoms with Gasteiger partial charge in [0.15, 0.2) is 11.4 Å². The monoisotopic (exact) mass is 357 g/mol. The molecular formula is C16H12ClN5O3. The van der Waals surface area contributed by atoms with E-state index in [9.17, 15) is 14.9 Å². The largest absolute Gasteiger partial charge is 0.299 e. The molecule has 0 spiro atoms. The number of halogens is 1. The zero-order valence-electron chi connectivity index (χ0n) is 13.0. The van der Waals surface area contributed by atoms with E-state index in [4.69, 9.17) is 11.6 Å². The second kappa shape index (κ2) is 6.70. The lowest BCUT2D eigenvalue weighted by molar-refractivity contribution is -0.384. The van der Waals surface area contributed by atoms with Crippen LogP contribution in [0.4, 0.5) is 17.1 Å². The molecule has 0 radical (unpaired) electrons. The molecule has 126 valence electrons. The Morgan fingerprint density at radius 1 is 1.16 bits per heavy atom. The lowest BCUT2D eigenvalue weighted by Crippen LogP contribution is -2.13. The highest BCUT2D eigenvalue weighted by Crippen LogP contribution is 2.28. The number of hydrogen-bond donors (Lipinski definition) is 1. The molecule has 0 bridgehead atoms. The van der Waals surface area contributed by atoms with Crippen LogP contribution < -0.4 is 5.56 Å². The van der Waals surface area contributed by atoms with Crippen LogP contribution in [0.2, 0.25) is 5.02 Å². The number of nitrogens with zero attached hydrogens (tertiary/aromatic N) is 4. The molecule has 0 atom stereocenters. The van der Waals surface area contributed by atoms with Crippen molar-refractivity contribution >= 4 is 28.7 Å². The Morgan fingerprint density at radius 3 is 2.64 bits per heavy atom. The zero-order valence-corrected chi connectivity index (χ0v) is 13.8. The van der Waals surface area contributed by atoms with Crippen molar-refractivity contribution in [2.75, 3.05) is 0 Å². The van der Waals surface area contributed by atoms with E-state index >= 15 is 0 Å². The molecule has 0 saturated carbocycles. The highest BCUT2D eigenvalue weighted by atomic mass is 35.5. The molecule has 1 N–H and O–H groups in total. The Kier molecular flexibility index (Phi) is 4.44. The third kappa shape index (κ3) is 3.33. The van der Waals surface area contributed by atoms with Crippen LogP contribution in [-0.2, 0) is 0 Å². The first-order chi connectivity index (χ1) is 12.0. The number of aromatic amines is 1. The molecule has 0 aliphatic carbocycles. The summed E-state index contributed by atoms with van der Waals surface area (Å²) in [7, 11) is 0. The zero-order chi connectivity index (χ0) is 18.0. The Hall–Kier alpha value is -3.26. The third-order valence-corrected chi connectivity index (χ3v) is 3.68. The average molecular weight is 358 g/mol. The van der Waals surface area contributed by atoms with Crippen molar-refractivity contribution in [1.29, 1.82) is 0 Å². The molecule has 8 nitrogen and oxygen atoms in total. The van der Waals surface area contributed by atoms with E-state index in [1.807, 2.05) is 0 Å². The van der Waals surface area contributed by atoms with E-state index in [0.717, 1.165) is 0 Å². The fraction of sp³-hybridized carbons (Fsp3) is 0.0625. The van der Waals surface area contributed by atoms with Crippen LogP contribution in [0.3, 0.4) is 0 Å². The van der Waals surface area contributed by atoms with E-state index in [2.05, 4.69) is 15.3 Å². The van der Waals surface area contributed by atoms with Gasteiger partial charge < -0.3 is 0 Å². The van der Waals surface area contributed by atoms with Crippen molar-refractivity contribution in [2.45, 2.75) is 6.92 Å². The minimum atomic E-state index is -0.553. The molecular weight excluding hydrogens is 346 g/mol. The third-order valence-electron chi connectivity index (χ3n) is 3.44. The van der Waals surface area contributed by atoms with Gasteiger partial charge in [-0.1, -0.05) is 29.8 Å². The van der Waals surface area contributed by atoms with E-state index < -0.39 is 10.5 Å². The van der Waals surface area contributed by atoms with E-state index in [0.29, 0.717) is 16.4 Å². The van der Waals surface area contributed by atoms with Gasteiger partial charge in [0.1, 0.15) is 0 Å². The second-order valence-corrected chi connectivity index (χ2v) is 5.59. The van der Waals surface area contributed by atoms with Crippen LogP contribution in [0.25, 0.3) is 5.69 Å². The molecule has 0 amide bonds. The minimum absolute atomic E-state index is 0.0677. The maximum Gasteiger partial charge on any atom is 0.299 e. The van der Waals surface area contributed by atoms with E-state index in [1.54, 1.807) is 37.3 Å². The van der Waals surface area contributed by atoms with Crippen LogP contribution in [0.15, 0.2) is 63.6 Å². The molecule has 9 heteroatoms. The van der Waals surface area contributed by atoms with Crippen molar-refractivity contribution in [3.05, 3.63) is 79.7 Å². The molecule has 0 aliphatic heterocycles. The fourth-order valence-electron chi connectivity index (χ4n) is 2.26. The number of nitrogens with one attached hydrogen (secondary N) is 1. The summed E-state index contributed by atoms with van der Waals surface area (Å²) in [5.41, 5.74) is 0.552. The second-order valence-electron chi connectivity index (χ2n) is 5.15. The number of para-hydroxylation sites is 1. The van der Waals surface area contributed by atoms with Crippen molar-refractivity contribution in [3.63, 3.8) is 0 Å². The number of benzene rings is 2. The van der Waals surface area contributed by atoms with Gasteiger partial charge in [-0.3, -0.25) is 20.0 Å². The molecule has 1 heterocycles. The number of hydrogen-bond acceptors (Lipinski definition) is 5. The summed E-state index contributed by atoms with van der Waals surface area (Å²) in [6.45, 7) is 1.66. The van der Waals surface area contributed by atoms with Gasteiger partial charge in [0.25, 0.3) is 11.2 Å². The molecule has 25 heavy (non-hydrogen) atoms. The molecule has 0 aliphatic rings. The Bertz CT molecular complexity index is 1040. The van der Waals surface area contributed by atoms with Gasteiger partial charge in [-0.05, 0) is 31.2 Å². The smallest absolute Gasteiger partial charge is 0.293 e. The maximum absolute atomic E-state index is 12.5. The number of nitro benzene ring substituents is 1. The SMILES string of the molecule is Cc1[nH]n(-c2cccc(Cl)c2)c(=O)c1N=Nc1ccccc1[N+](=O)[O-]. The number of azo groups is 1. The van der Waals surface area contributed by atoms with Gasteiger partial charge in [0.05, 0.1) is 16.3 Å². The maximum atomic E-state index is 12.5. The summed E-state index contributed by atoms with van der Waals surface area (Å²) in [5, 5.41) is 22.2. The van der Waals surface area contributed by atoms with Gasteiger partial charge >= 0.3 is 0 Å². The van der Waals surface area contributed by atoms with Crippen LogP contribution in [0.1, 0.15) is 5.69 Å². The number of H-pyrrole nitrogens is 1. The van der Waals surface area contributed by atoms with Crippen LogP contribution >= 0.6 is 11.6 Å². The summed E-state index contributed by atoms with van der Waals surface area (Å²) < 4.78 is 1.29. The standard InChI is InChI=1S/C16H12ClN5O3/c1-10-15(19-18-13-7-2-3-8-14(13)22(24)25)16(23)21(20-10)12-6-4-5-11(17)9-12/h2-9,20H,1H3. The molecule has 3 rings (SSSR count). The number of aryl methyl sites for hydroxylation is 1. The molecule has 0 saturated heterocycles. The molecule has 1 aromatic heterocycles. The lowest BCUT2D eigenvalue weighted by Gasteiger charge is -2.00. The first kappa shape index (κ1) is 16.6. The number of rotatable bonds is 4. The molecule has 3 aromatic rings. The first-order valence-electron chi connectivity index (χ1n) is 7.20. The quantitative estimate of drug-likeness (QED) is 0.423. The van der Waals surface area contributed by atoms with Gasteiger partial charge in [0.2, 0.25) is 0 Å². The molecule has 0 unspecified atom stereocenters. The van der Waals surface area contributed by atoms with Gasteiger partial charge in [0, 0.05) is 11.1 Å². The Balaban J connectivity index is 2.03. The van der Waals surface area contributed by atoms with Crippen LogP contribution in [0, 0.1) is 17.0 Å². The molecule has 0 fully saturated rings. The van der Waals surface area contributed by atoms with E-state index in [-0.39, 0.29) is 17.1 Å². The van der Waals surface area contributed by atoms with Crippen LogP contribution in [-0.4, -0.2) is 14.7 Å². The summed E-state index contributed by atoms with van der Waals surface area (Å²) in [4.78, 5) is 23.0. The van der Waals surface area contributed by atoms with Gasteiger partial charge in [-0.15, -0.1) is 10.2 Å². The minimum Gasteiger partial charge on any atom is -0.293 e. The summed E-state index contributed by atoms with van der Waals surface area (Å²) in [5.74, 6) is 0. The number of nitro groups is 1. The lowest BCUT2D eigenvalue weighted by atomic mass is 10.3.